The van der Waals surface area contributed by atoms with Crippen LogP contribution in [-0.2, 0) is 11.3 Å². The van der Waals surface area contributed by atoms with E-state index in [1.54, 1.807) is 12.3 Å². The van der Waals surface area contributed by atoms with E-state index in [1.165, 1.54) is 0 Å². The van der Waals surface area contributed by atoms with Crippen LogP contribution in [0.5, 0.6) is 5.75 Å². The van der Waals surface area contributed by atoms with Crippen molar-refractivity contribution in [1.29, 1.82) is 0 Å². The highest BCUT2D eigenvalue weighted by Gasteiger charge is 2.16. The number of nitrogens with zero attached hydrogens (tertiary/aromatic N) is 5. The van der Waals surface area contributed by atoms with Crippen molar-refractivity contribution in [2.24, 2.45) is 5.10 Å². The number of ether oxygens (including phenoxy) is 1. The number of anilines is 3. The molecule has 35 heavy (non-hydrogen) atoms. The average molecular weight is 492 g/mol. The number of halogens is 1. The van der Waals surface area contributed by atoms with Crippen LogP contribution in [0.4, 0.5) is 17.8 Å². The van der Waals surface area contributed by atoms with Crippen LogP contribution in [0.15, 0.2) is 71.8 Å². The van der Waals surface area contributed by atoms with E-state index < -0.39 is 0 Å². The monoisotopic (exact) mass is 491 g/mol. The Bertz CT molecular complexity index is 1300. The van der Waals surface area contributed by atoms with Crippen molar-refractivity contribution in [1.82, 2.24) is 15.0 Å². The summed E-state index contributed by atoms with van der Waals surface area (Å²) in [5, 5.41) is 19.9. The van der Waals surface area contributed by atoms with Crippen LogP contribution < -0.4 is 15.6 Å². The molecule has 0 radical (unpaired) electrons. The first kappa shape index (κ1) is 24.2. The van der Waals surface area contributed by atoms with Gasteiger partial charge in [0, 0.05) is 25.2 Å². The van der Waals surface area contributed by atoms with Gasteiger partial charge in [-0.25, -0.2) is 5.43 Å². The number of nitrogens with one attached hydrogen (secondary N) is 2. The van der Waals surface area contributed by atoms with Gasteiger partial charge in [-0.3, -0.25) is 0 Å². The lowest BCUT2D eigenvalue weighted by atomic mass is 10.0. The summed E-state index contributed by atoms with van der Waals surface area (Å²) in [4.78, 5) is 15.7. The van der Waals surface area contributed by atoms with E-state index in [2.05, 4.69) is 35.7 Å². The smallest absolute Gasteiger partial charge is 0.250 e. The standard InChI is InChI=1S/C25H25N7O2.ClH/c33-22-11-10-19-8-4-5-9-20(19)21(22)17-27-31-24-28-23(26-16-18-6-2-1-3-7-18)29-25(30-24)32-12-14-34-15-13-32;/h1-11,17,33H,12-16H2,(H2,26,28,29,30,31);1H/b27-17+;. The number of hydrazone groups is 1. The van der Waals surface area contributed by atoms with Crippen LogP contribution in [0, 0.1) is 0 Å². The highest BCUT2D eigenvalue weighted by Crippen LogP contribution is 2.25. The van der Waals surface area contributed by atoms with Gasteiger partial charge in [-0.1, -0.05) is 60.7 Å². The maximum absolute atomic E-state index is 10.4. The Balaban J connectivity index is 0.00000289. The Labute approximate surface area is 209 Å². The number of benzene rings is 3. The first-order chi connectivity index (χ1) is 16.8. The normalized spacial score (nSPS) is 13.5. The van der Waals surface area contributed by atoms with E-state index in [0.29, 0.717) is 56.3 Å². The molecule has 0 atom stereocenters. The van der Waals surface area contributed by atoms with Gasteiger partial charge in [0.25, 0.3) is 0 Å². The minimum absolute atomic E-state index is 0. The highest BCUT2D eigenvalue weighted by atomic mass is 35.5. The summed E-state index contributed by atoms with van der Waals surface area (Å²) in [6, 6.07) is 21.4. The first-order valence-corrected chi connectivity index (χ1v) is 11.1. The number of phenols is 1. The third-order valence-corrected chi connectivity index (χ3v) is 5.52. The van der Waals surface area contributed by atoms with Crippen molar-refractivity contribution in [3.8, 4) is 5.75 Å². The van der Waals surface area contributed by atoms with Gasteiger partial charge >= 0.3 is 0 Å². The lowest BCUT2D eigenvalue weighted by molar-refractivity contribution is 0.122. The van der Waals surface area contributed by atoms with E-state index in [-0.39, 0.29) is 18.2 Å². The maximum Gasteiger partial charge on any atom is 0.250 e. The number of rotatable bonds is 7. The number of fused-ring (bicyclic) bond motifs is 1. The van der Waals surface area contributed by atoms with E-state index >= 15 is 0 Å². The first-order valence-electron chi connectivity index (χ1n) is 11.1. The minimum Gasteiger partial charge on any atom is -0.507 e. The molecule has 1 aliphatic heterocycles. The van der Waals surface area contributed by atoms with Crippen LogP contribution in [0.2, 0.25) is 0 Å². The Morgan fingerprint density at radius 1 is 0.914 bits per heavy atom. The Kier molecular flexibility index (Phi) is 7.92. The van der Waals surface area contributed by atoms with Gasteiger partial charge < -0.3 is 20.1 Å². The lowest BCUT2D eigenvalue weighted by Gasteiger charge is -2.27. The number of morpholine rings is 1. The van der Waals surface area contributed by atoms with E-state index in [4.69, 9.17) is 4.74 Å². The van der Waals surface area contributed by atoms with Crippen molar-refractivity contribution in [3.63, 3.8) is 0 Å². The van der Waals surface area contributed by atoms with Gasteiger partial charge in [-0.15, -0.1) is 12.4 Å². The summed E-state index contributed by atoms with van der Waals surface area (Å²) in [5.41, 5.74) is 4.64. The van der Waals surface area contributed by atoms with Crippen molar-refractivity contribution < 1.29 is 9.84 Å². The van der Waals surface area contributed by atoms with E-state index in [0.717, 1.165) is 16.3 Å². The SMILES string of the molecule is Cl.Oc1ccc2ccccc2c1/C=N/Nc1nc(NCc2ccccc2)nc(N2CCOCC2)n1. The fraction of sp³-hybridized carbons (Fsp3) is 0.200. The summed E-state index contributed by atoms with van der Waals surface area (Å²) in [6.07, 6.45) is 1.58. The molecule has 2 heterocycles. The van der Waals surface area contributed by atoms with Gasteiger partial charge in [0.2, 0.25) is 17.8 Å². The largest absolute Gasteiger partial charge is 0.507 e. The molecule has 0 aliphatic carbocycles. The second-order valence-electron chi connectivity index (χ2n) is 7.81. The molecule has 5 rings (SSSR count). The van der Waals surface area contributed by atoms with Crippen LogP contribution >= 0.6 is 12.4 Å². The van der Waals surface area contributed by atoms with Crippen LogP contribution in [0.25, 0.3) is 10.8 Å². The van der Waals surface area contributed by atoms with Crippen molar-refractivity contribution in [3.05, 3.63) is 77.9 Å². The number of phenolic OH excluding ortho intramolecular Hbond substituents is 1. The predicted octanol–water partition coefficient (Wildman–Crippen LogP) is 4.05. The number of aromatic hydroxyl groups is 1. The summed E-state index contributed by atoms with van der Waals surface area (Å²) < 4.78 is 5.46. The molecule has 180 valence electrons. The zero-order valence-electron chi connectivity index (χ0n) is 19.0. The molecule has 0 unspecified atom stereocenters. The molecule has 1 aromatic heterocycles. The zero-order valence-corrected chi connectivity index (χ0v) is 19.8. The molecular weight excluding hydrogens is 466 g/mol. The van der Waals surface area contributed by atoms with E-state index in [1.807, 2.05) is 60.7 Å². The van der Waals surface area contributed by atoms with Gasteiger partial charge in [-0.2, -0.15) is 20.1 Å². The molecule has 10 heteroatoms. The molecule has 4 aromatic rings. The number of aromatic nitrogens is 3. The number of hydrogen-bond donors (Lipinski definition) is 3. The van der Waals surface area contributed by atoms with Crippen molar-refractivity contribution >= 4 is 47.2 Å². The Morgan fingerprint density at radius 2 is 1.66 bits per heavy atom. The Hall–Kier alpha value is -3.95. The van der Waals surface area contributed by atoms with E-state index in [9.17, 15) is 5.11 Å². The maximum atomic E-state index is 10.4. The summed E-state index contributed by atoms with van der Waals surface area (Å²) >= 11 is 0. The van der Waals surface area contributed by atoms with Crippen molar-refractivity contribution in [2.45, 2.75) is 6.54 Å². The molecule has 0 spiro atoms. The number of hydrogen-bond acceptors (Lipinski definition) is 9. The molecular formula is C25H26ClN7O2. The molecule has 1 saturated heterocycles. The molecule has 1 fully saturated rings. The average Bonchev–Trinajstić information content (AvgIpc) is 2.90. The van der Waals surface area contributed by atoms with Crippen molar-refractivity contribution in [2.75, 3.05) is 41.9 Å². The van der Waals surface area contributed by atoms with Crippen LogP contribution in [0.1, 0.15) is 11.1 Å². The molecule has 1 aliphatic rings. The van der Waals surface area contributed by atoms with Gasteiger partial charge in [0.15, 0.2) is 0 Å². The van der Waals surface area contributed by atoms with Crippen LogP contribution in [0.3, 0.4) is 0 Å². The van der Waals surface area contributed by atoms with Gasteiger partial charge in [0.1, 0.15) is 5.75 Å². The molecule has 0 saturated carbocycles. The molecule has 0 bridgehead atoms. The zero-order chi connectivity index (χ0) is 23.2. The summed E-state index contributed by atoms with van der Waals surface area (Å²) in [6.45, 7) is 3.24. The second kappa shape index (κ2) is 11.5. The molecule has 9 nitrogen and oxygen atoms in total. The highest BCUT2D eigenvalue weighted by molar-refractivity contribution is 6.02. The second-order valence-corrected chi connectivity index (χ2v) is 7.81. The predicted molar refractivity (Wildman–Crippen MR) is 141 cm³/mol. The quantitative estimate of drug-likeness (QED) is 0.262. The summed E-state index contributed by atoms with van der Waals surface area (Å²) in [5.74, 6) is 1.47. The third kappa shape index (κ3) is 5.95. The van der Waals surface area contributed by atoms with Gasteiger partial charge in [0.05, 0.1) is 19.4 Å². The molecule has 3 aromatic carbocycles. The fourth-order valence-corrected chi connectivity index (χ4v) is 3.75. The summed E-state index contributed by atoms with van der Waals surface area (Å²) in [7, 11) is 0. The Morgan fingerprint density at radius 3 is 2.49 bits per heavy atom. The third-order valence-electron chi connectivity index (χ3n) is 5.52. The minimum atomic E-state index is 0. The lowest BCUT2D eigenvalue weighted by Crippen LogP contribution is -2.37. The van der Waals surface area contributed by atoms with Crippen LogP contribution in [-0.4, -0.2) is 52.6 Å². The molecule has 3 N–H and O–H groups in total. The fourth-order valence-electron chi connectivity index (χ4n) is 3.75. The van der Waals surface area contributed by atoms with Gasteiger partial charge in [-0.05, 0) is 22.4 Å². The molecule has 0 amide bonds. The topological polar surface area (TPSA) is 108 Å².